The molecule has 128 valence electrons. The topological polar surface area (TPSA) is 115 Å². The van der Waals surface area contributed by atoms with Gasteiger partial charge in [-0.2, -0.15) is 0 Å². The second-order valence-corrected chi connectivity index (χ2v) is 7.33. The molecule has 0 saturated heterocycles. The maximum atomic E-state index is 11.7. The molecule has 0 aliphatic carbocycles. The Bertz CT molecular complexity index is 871. The second kappa shape index (κ2) is 7.16. The summed E-state index contributed by atoms with van der Waals surface area (Å²) >= 11 is 5.94. The highest BCUT2D eigenvalue weighted by molar-refractivity contribution is 7.89. The van der Waals surface area contributed by atoms with Gasteiger partial charge in [-0.05, 0) is 37.1 Å². The van der Waals surface area contributed by atoms with E-state index in [1.54, 1.807) is 6.07 Å². The van der Waals surface area contributed by atoms with Crippen molar-refractivity contribution < 1.29 is 13.3 Å². The van der Waals surface area contributed by atoms with Crippen LogP contribution in [-0.2, 0) is 16.4 Å². The van der Waals surface area contributed by atoms with Gasteiger partial charge < -0.3 is 5.32 Å². The summed E-state index contributed by atoms with van der Waals surface area (Å²) in [6.07, 6.45) is 0.585. The highest BCUT2D eigenvalue weighted by atomic mass is 35.5. The molecule has 24 heavy (non-hydrogen) atoms. The summed E-state index contributed by atoms with van der Waals surface area (Å²) in [6.45, 7) is 1.86. The smallest absolute Gasteiger partial charge is 0.270 e. The Balaban J connectivity index is 2.26. The van der Waals surface area contributed by atoms with Crippen molar-refractivity contribution in [3.05, 3.63) is 63.2 Å². The van der Waals surface area contributed by atoms with Crippen molar-refractivity contribution in [3.8, 4) is 0 Å². The summed E-state index contributed by atoms with van der Waals surface area (Å²) in [6, 6.07) is 10.7. The van der Waals surface area contributed by atoms with E-state index >= 15 is 0 Å². The second-order valence-electron chi connectivity index (χ2n) is 5.36. The van der Waals surface area contributed by atoms with Crippen LogP contribution in [-0.4, -0.2) is 19.4 Å². The van der Waals surface area contributed by atoms with E-state index in [4.69, 9.17) is 16.7 Å². The van der Waals surface area contributed by atoms with E-state index in [0.29, 0.717) is 11.4 Å². The Morgan fingerprint density at radius 1 is 1.29 bits per heavy atom. The molecule has 2 rings (SSSR count). The molecule has 1 unspecified atom stereocenters. The molecule has 0 bridgehead atoms. The maximum Gasteiger partial charge on any atom is 0.270 e. The average Bonchev–Trinajstić information content (AvgIpc) is 2.46. The number of non-ortho nitro benzene ring substituents is 1. The van der Waals surface area contributed by atoms with E-state index in [0.717, 1.165) is 11.6 Å². The minimum Gasteiger partial charge on any atom is -0.381 e. The molecule has 0 fully saturated rings. The van der Waals surface area contributed by atoms with Crippen molar-refractivity contribution in [3.63, 3.8) is 0 Å². The van der Waals surface area contributed by atoms with Crippen molar-refractivity contribution in [2.45, 2.75) is 24.3 Å². The third kappa shape index (κ3) is 4.67. The number of hydrogen-bond donors (Lipinski definition) is 2. The van der Waals surface area contributed by atoms with Crippen LogP contribution in [0.4, 0.5) is 11.4 Å². The summed E-state index contributed by atoms with van der Waals surface area (Å²) in [5.74, 6) is 0. The van der Waals surface area contributed by atoms with E-state index in [1.807, 2.05) is 25.1 Å². The van der Waals surface area contributed by atoms with Gasteiger partial charge in [0.1, 0.15) is 4.90 Å². The van der Waals surface area contributed by atoms with Gasteiger partial charge in [-0.1, -0.05) is 23.7 Å². The van der Waals surface area contributed by atoms with Crippen LogP contribution in [0.15, 0.2) is 47.4 Å². The summed E-state index contributed by atoms with van der Waals surface area (Å²) < 4.78 is 23.4. The van der Waals surface area contributed by atoms with Crippen molar-refractivity contribution in [2.24, 2.45) is 5.14 Å². The van der Waals surface area contributed by atoms with Crippen LogP contribution in [0, 0.1) is 10.1 Å². The lowest BCUT2D eigenvalue weighted by Gasteiger charge is -2.17. The summed E-state index contributed by atoms with van der Waals surface area (Å²) in [4.78, 5) is 9.84. The predicted molar refractivity (Wildman–Crippen MR) is 92.7 cm³/mol. The van der Waals surface area contributed by atoms with Gasteiger partial charge in [0.05, 0.1) is 10.6 Å². The third-order valence-corrected chi connectivity index (χ3v) is 4.50. The first-order valence-electron chi connectivity index (χ1n) is 6.99. The van der Waals surface area contributed by atoms with Gasteiger partial charge in [-0.25, -0.2) is 13.6 Å². The lowest BCUT2D eigenvalue weighted by Crippen LogP contribution is -2.21. The van der Waals surface area contributed by atoms with Gasteiger partial charge >= 0.3 is 0 Å². The molecule has 7 nitrogen and oxygen atoms in total. The zero-order valence-corrected chi connectivity index (χ0v) is 14.3. The van der Waals surface area contributed by atoms with Crippen LogP contribution in [0.1, 0.15) is 12.5 Å². The molecular formula is C15H16ClN3O4S. The first kappa shape index (κ1) is 18.2. The van der Waals surface area contributed by atoms with Gasteiger partial charge in [0, 0.05) is 23.2 Å². The van der Waals surface area contributed by atoms with E-state index in [1.165, 1.54) is 12.1 Å². The molecule has 0 radical (unpaired) electrons. The molecule has 3 N–H and O–H groups in total. The van der Waals surface area contributed by atoms with Crippen LogP contribution in [0.5, 0.6) is 0 Å². The number of nitro benzene ring substituents is 1. The number of hydrogen-bond acceptors (Lipinski definition) is 5. The highest BCUT2D eigenvalue weighted by Crippen LogP contribution is 2.26. The third-order valence-electron chi connectivity index (χ3n) is 3.32. The molecular weight excluding hydrogens is 354 g/mol. The average molecular weight is 370 g/mol. The molecule has 9 heteroatoms. The number of nitrogens with two attached hydrogens (primary N) is 1. The fourth-order valence-corrected chi connectivity index (χ4v) is 3.24. The van der Waals surface area contributed by atoms with Crippen LogP contribution in [0.2, 0.25) is 5.02 Å². The van der Waals surface area contributed by atoms with Crippen molar-refractivity contribution >= 4 is 33.0 Å². The molecule has 0 aromatic heterocycles. The molecule has 2 aromatic carbocycles. The van der Waals surface area contributed by atoms with Gasteiger partial charge in [-0.3, -0.25) is 10.1 Å². The highest BCUT2D eigenvalue weighted by Gasteiger charge is 2.20. The Labute approximate surface area is 144 Å². The molecule has 0 aliphatic rings. The van der Waals surface area contributed by atoms with Crippen molar-refractivity contribution in [1.29, 1.82) is 0 Å². The van der Waals surface area contributed by atoms with E-state index in [-0.39, 0.29) is 22.3 Å². The van der Waals surface area contributed by atoms with Crippen LogP contribution < -0.4 is 10.5 Å². The molecule has 0 aliphatic heterocycles. The monoisotopic (exact) mass is 369 g/mol. The number of anilines is 1. The van der Waals surface area contributed by atoms with E-state index in [9.17, 15) is 18.5 Å². The summed E-state index contributed by atoms with van der Waals surface area (Å²) in [5.41, 5.74) is 0.853. The lowest BCUT2D eigenvalue weighted by atomic mass is 10.1. The Morgan fingerprint density at radius 3 is 2.58 bits per heavy atom. The minimum absolute atomic E-state index is 0.148. The SMILES string of the molecule is CC(Cc1cccc(Cl)c1)Nc1ccc([N+](=O)[O-])cc1S(N)(=O)=O. The molecule has 0 saturated carbocycles. The van der Waals surface area contributed by atoms with Crippen LogP contribution >= 0.6 is 11.6 Å². The van der Waals surface area contributed by atoms with Gasteiger partial charge in [0.25, 0.3) is 5.69 Å². The molecule has 2 aromatic rings. The van der Waals surface area contributed by atoms with E-state index in [2.05, 4.69) is 5.32 Å². The maximum absolute atomic E-state index is 11.7. The fourth-order valence-electron chi connectivity index (χ4n) is 2.31. The number of rotatable bonds is 6. The summed E-state index contributed by atoms with van der Waals surface area (Å²) in [7, 11) is -4.10. The largest absolute Gasteiger partial charge is 0.381 e. The van der Waals surface area contributed by atoms with Crippen LogP contribution in [0.25, 0.3) is 0 Å². The van der Waals surface area contributed by atoms with Gasteiger partial charge in [0.15, 0.2) is 0 Å². The standard InChI is InChI=1S/C15H16ClN3O4S/c1-10(7-11-3-2-4-12(16)8-11)18-14-6-5-13(19(20)21)9-15(14)24(17,22)23/h2-6,8-10,18H,7H2,1H3,(H2,17,22,23). The minimum atomic E-state index is -4.10. The molecule has 0 spiro atoms. The van der Waals surface area contributed by atoms with Crippen molar-refractivity contribution in [2.75, 3.05) is 5.32 Å². The number of benzene rings is 2. The Hall–Kier alpha value is -2.16. The molecule has 0 heterocycles. The number of sulfonamides is 1. The lowest BCUT2D eigenvalue weighted by molar-refractivity contribution is -0.385. The van der Waals surface area contributed by atoms with Gasteiger partial charge in [-0.15, -0.1) is 0 Å². The Kier molecular flexibility index (Phi) is 5.43. The summed E-state index contributed by atoms with van der Waals surface area (Å²) in [5, 5.41) is 19.6. The number of nitro groups is 1. The molecule has 1 atom stereocenters. The zero-order chi connectivity index (χ0) is 17.9. The van der Waals surface area contributed by atoms with Crippen molar-refractivity contribution in [1.82, 2.24) is 0 Å². The zero-order valence-electron chi connectivity index (χ0n) is 12.8. The number of nitrogens with one attached hydrogen (secondary N) is 1. The number of halogens is 1. The number of primary sulfonamides is 1. The van der Waals surface area contributed by atoms with Gasteiger partial charge in [0.2, 0.25) is 10.0 Å². The van der Waals surface area contributed by atoms with Crippen LogP contribution in [0.3, 0.4) is 0 Å². The molecule has 0 amide bonds. The fraction of sp³-hybridized carbons (Fsp3) is 0.200. The normalized spacial score (nSPS) is 12.6. The van der Waals surface area contributed by atoms with E-state index < -0.39 is 14.9 Å². The first-order valence-corrected chi connectivity index (χ1v) is 8.91. The first-order chi connectivity index (χ1) is 11.2. The quantitative estimate of drug-likeness (QED) is 0.600. The Morgan fingerprint density at radius 2 is 2.00 bits per heavy atom. The number of nitrogens with zero attached hydrogens (tertiary/aromatic N) is 1. The predicted octanol–water partition coefficient (Wildman–Crippen LogP) is 2.94.